The van der Waals surface area contributed by atoms with E-state index in [1.54, 1.807) is 41.7 Å². The van der Waals surface area contributed by atoms with Crippen molar-refractivity contribution in [2.75, 3.05) is 0 Å². The second-order valence-electron chi connectivity index (χ2n) is 6.41. The molecule has 146 valence electrons. The second-order valence-corrected chi connectivity index (χ2v) is 7.36. The van der Waals surface area contributed by atoms with Crippen molar-refractivity contribution < 1.29 is 18.8 Å². The molecule has 0 aliphatic heterocycles. The van der Waals surface area contributed by atoms with Crippen LogP contribution in [0.3, 0.4) is 0 Å². The van der Waals surface area contributed by atoms with Crippen LogP contribution in [-0.4, -0.2) is 23.2 Å². The van der Waals surface area contributed by atoms with E-state index in [1.165, 1.54) is 0 Å². The van der Waals surface area contributed by atoms with Crippen LogP contribution in [0.15, 0.2) is 52.4 Å². The molecule has 0 unspecified atom stereocenters. The van der Waals surface area contributed by atoms with Gasteiger partial charge in [0.15, 0.2) is 5.76 Å². The third-order valence-electron chi connectivity index (χ3n) is 3.74. The first-order valence-corrected chi connectivity index (χ1v) is 9.69. The van der Waals surface area contributed by atoms with E-state index in [0.29, 0.717) is 23.6 Å². The zero-order valence-corrected chi connectivity index (χ0v) is 16.4. The summed E-state index contributed by atoms with van der Waals surface area (Å²) in [6.45, 7) is 4.19. The van der Waals surface area contributed by atoms with Crippen molar-refractivity contribution in [3.05, 3.63) is 64.7 Å². The van der Waals surface area contributed by atoms with Gasteiger partial charge in [-0.2, -0.15) is 0 Å². The van der Waals surface area contributed by atoms with Crippen LogP contribution >= 0.6 is 11.3 Å². The van der Waals surface area contributed by atoms with Crippen LogP contribution < -0.4 is 10.6 Å². The van der Waals surface area contributed by atoms with Gasteiger partial charge in [-0.15, -0.1) is 11.3 Å². The number of ether oxygens (including phenoxy) is 1. The van der Waals surface area contributed by atoms with E-state index >= 15 is 0 Å². The van der Waals surface area contributed by atoms with Crippen LogP contribution in [0.2, 0.25) is 0 Å². The van der Waals surface area contributed by atoms with E-state index in [4.69, 9.17) is 9.26 Å². The van der Waals surface area contributed by atoms with Crippen molar-refractivity contribution in [1.29, 1.82) is 0 Å². The van der Waals surface area contributed by atoms with Gasteiger partial charge in [-0.25, -0.2) is 9.59 Å². The van der Waals surface area contributed by atoms with Gasteiger partial charge < -0.3 is 19.9 Å². The predicted octanol–water partition coefficient (Wildman–Crippen LogP) is 3.97. The van der Waals surface area contributed by atoms with Crippen molar-refractivity contribution in [1.82, 2.24) is 15.8 Å². The van der Waals surface area contributed by atoms with Crippen LogP contribution in [-0.2, 0) is 17.9 Å². The minimum atomic E-state index is -0.447. The summed E-state index contributed by atoms with van der Waals surface area (Å²) in [6, 6.07) is 12.3. The Kier molecular flexibility index (Phi) is 6.44. The average molecular weight is 399 g/mol. The molecule has 0 atom stereocenters. The van der Waals surface area contributed by atoms with E-state index in [9.17, 15) is 9.59 Å². The maximum atomic E-state index is 12.2. The largest absolute Gasteiger partial charge is 0.455 e. The molecule has 0 fully saturated rings. The van der Waals surface area contributed by atoms with Gasteiger partial charge in [-0.05, 0) is 43.0 Å². The van der Waals surface area contributed by atoms with E-state index < -0.39 is 5.97 Å². The molecular weight excluding hydrogens is 378 g/mol. The molecule has 0 aliphatic carbocycles. The average Bonchev–Trinajstić information content (AvgIpc) is 3.36. The first-order valence-electron chi connectivity index (χ1n) is 8.81. The highest BCUT2D eigenvalue weighted by atomic mass is 32.1. The van der Waals surface area contributed by atoms with Crippen molar-refractivity contribution in [3.63, 3.8) is 0 Å². The topological polar surface area (TPSA) is 93.5 Å². The molecule has 0 saturated heterocycles. The number of nitrogens with one attached hydrogen (secondary N) is 2. The summed E-state index contributed by atoms with van der Waals surface area (Å²) >= 11 is 1.55. The zero-order chi connectivity index (χ0) is 19.9. The molecule has 7 nitrogen and oxygen atoms in total. The molecule has 3 aromatic rings. The van der Waals surface area contributed by atoms with E-state index in [0.717, 1.165) is 10.4 Å². The summed E-state index contributed by atoms with van der Waals surface area (Å²) in [5, 5.41) is 11.4. The van der Waals surface area contributed by atoms with Gasteiger partial charge in [0.2, 0.25) is 0 Å². The SMILES string of the molecule is CC(C)NC(=O)NCc1ccc(C(=O)OCc2cc(-c3cccs3)on2)cc1. The summed E-state index contributed by atoms with van der Waals surface area (Å²) in [5.41, 5.74) is 1.86. The maximum Gasteiger partial charge on any atom is 0.338 e. The highest BCUT2D eigenvalue weighted by Gasteiger charge is 2.12. The smallest absolute Gasteiger partial charge is 0.338 e. The molecule has 0 bridgehead atoms. The van der Waals surface area contributed by atoms with E-state index in [2.05, 4.69) is 15.8 Å². The summed E-state index contributed by atoms with van der Waals surface area (Å²) in [5.74, 6) is 0.206. The van der Waals surface area contributed by atoms with Crippen molar-refractivity contribution in [3.8, 4) is 10.6 Å². The number of benzene rings is 1. The Balaban J connectivity index is 1.49. The van der Waals surface area contributed by atoms with Crippen LogP contribution in [0.1, 0.15) is 35.5 Å². The number of carbonyl (C=O) groups excluding carboxylic acids is 2. The Bertz CT molecular complexity index is 917. The number of urea groups is 1. The molecule has 8 heteroatoms. The molecule has 0 aliphatic rings. The molecule has 1 aromatic carbocycles. The van der Waals surface area contributed by atoms with Gasteiger partial charge in [0, 0.05) is 18.7 Å². The summed E-state index contributed by atoms with van der Waals surface area (Å²) in [4.78, 5) is 24.8. The quantitative estimate of drug-likeness (QED) is 0.587. The van der Waals surface area contributed by atoms with Crippen LogP contribution in [0.4, 0.5) is 4.79 Å². The molecule has 0 spiro atoms. The van der Waals surface area contributed by atoms with Crippen LogP contribution in [0.5, 0.6) is 0 Å². The Morgan fingerprint density at radius 2 is 2.00 bits per heavy atom. The minimum absolute atomic E-state index is 0.0341. The van der Waals surface area contributed by atoms with E-state index in [-0.39, 0.29) is 18.7 Å². The number of nitrogens with zero attached hydrogens (tertiary/aromatic N) is 1. The molecule has 0 saturated carbocycles. The Hall–Kier alpha value is -3.13. The number of esters is 1. The summed E-state index contributed by atoms with van der Waals surface area (Å²) in [7, 11) is 0. The fourth-order valence-electron chi connectivity index (χ4n) is 2.39. The minimum Gasteiger partial charge on any atom is -0.455 e. The highest BCUT2D eigenvalue weighted by molar-refractivity contribution is 7.13. The Morgan fingerprint density at radius 3 is 2.68 bits per heavy atom. The zero-order valence-electron chi connectivity index (χ0n) is 15.6. The lowest BCUT2D eigenvalue weighted by Crippen LogP contribution is -2.39. The summed E-state index contributed by atoms with van der Waals surface area (Å²) in [6.07, 6.45) is 0. The lowest BCUT2D eigenvalue weighted by molar-refractivity contribution is 0.0464. The second kappa shape index (κ2) is 9.18. The standard InChI is InChI=1S/C20H21N3O4S/c1-13(2)22-20(25)21-11-14-5-7-15(8-6-14)19(24)26-12-16-10-17(27-23-16)18-4-3-9-28-18/h3-10,13H,11-12H2,1-2H3,(H2,21,22,25). The van der Waals surface area contributed by atoms with Gasteiger partial charge in [-0.3, -0.25) is 0 Å². The maximum absolute atomic E-state index is 12.2. The number of hydrogen-bond donors (Lipinski definition) is 2. The fraction of sp³-hybridized carbons (Fsp3) is 0.250. The predicted molar refractivity (Wildman–Crippen MR) is 106 cm³/mol. The van der Waals surface area contributed by atoms with Gasteiger partial charge in [-0.1, -0.05) is 23.4 Å². The van der Waals surface area contributed by atoms with E-state index in [1.807, 2.05) is 31.4 Å². The van der Waals surface area contributed by atoms with Gasteiger partial charge in [0.05, 0.1) is 10.4 Å². The molecule has 2 N–H and O–H groups in total. The van der Waals surface area contributed by atoms with Crippen molar-refractivity contribution in [2.45, 2.75) is 33.0 Å². The first kappa shape index (κ1) is 19.6. The molecule has 2 amide bonds. The first-order chi connectivity index (χ1) is 13.5. The fourth-order valence-corrected chi connectivity index (χ4v) is 3.07. The number of aromatic nitrogens is 1. The third-order valence-corrected chi connectivity index (χ3v) is 4.62. The van der Waals surface area contributed by atoms with Gasteiger partial charge >= 0.3 is 12.0 Å². The number of amides is 2. The van der Waals surface area contributed by atoms with Crippen LogP contribution in [0.25, 0.3) is 10.6 Å². The van der Waals surface area contributed by atoms with Gasteiger partial charge in [0.1, 0.15) is 12.3 Å². The molecule has 28 heavy (non-hydrogen) atoms. The number of rotatable bonds is 7. The Morgan fingerprint density at radius 1 is 1.21 bits per heavy atom. The number of carbonyl (C=O) groups is 2. The Labute approximate surface area is 166 Å². The normalized spacial score (nSPS) is 10.7. The lowest BCUT2D eigenvalue weighted by Gasteiger charge is -2.10. The molecule has 0 radical (unpaired) electrons. The van der Waals surface area contributed by atoms with Gasteiger partial charge in [0.25, 0.3) is 0 Å². The number of hydrogen-bond acceptors (Lipinski definition) is 6. The molecular formula is C20H21N3O4S. The molecule has 2 aromatic heterocycles. The summed E-state index contributed by atoms with van der Waals surface area (Å²) < 4.78 is 10.6. The van der Waals surface area contributed by atoms with Crippen molar-refractivity contribution in [2.24, 2.45) is 0 Å². The highest BCUT2D eigenvalue weighted by Crippen LogP contribution is 2.25. The number of thiophene rings is 1. The molecule has 2 heterocycles. The van der Waals surface area contributed by atoms with Crippen molar-refractivity contribution >= 4 is 23.3 Å². The third kappa shape index (κ3) is 5.43. The van der Waals surface area contributed by atoms with Crippen LogP contribution in [0, 0.1) is 0 Å². The molecule has 3 rings (SSSR count). The lowest BCUT2D eigenvalue weighted by atomic mass is 10.1. The monoisotopic (exact) mass is 399 g/mol.